The predicted molar refractivity (Wildman–Crippen MR) is 61.2 cm³/mol. The van der Waals surface area contributed by atoms with Gasteiger partial charge in [0.1, 0.15) is 0 Å². The maximum absolute atomic E-state index is 11.4. The lowest BCUT2D eigenvalue weighted by atomic mass is 10.2. The lowest BCUT2D eigenvalue weighted by molar-refractivity contribution is -0.133. The number of aliphatic carboxylic acids is 1. The van der Waals surface area contributed by atoms with Gasteiger partial charge in [-0.3, -0.25) is 4.79 Å². The molecule has 1 N–H and O–H groups in total. The van der Waals surface area contributed by atoms with Gasteiger partial charge in [0.05, 0.1) is 18.4 Å². The highest BCUT2D eigenvalue weighted by atomic mass is 35.5. The summed E-state index contributed by atoms with van der Waals surface area (Å²) in [7, 11) is 1.27. The van der Waals surface area contributed by atoms with Gasteiger partial charge in [-0.05, 0) is 18.2 Å². The van der Waals surface area contributed by atoms with Crippen molar-refractivity contribution in [2.45, 2.75) is 4.90 Å². The number of methoxy groups -OCH3 is 1. The molecule has 6 heteroatoms. The smallest absolute Gasteiger partial charge is 0.338 e. The first-order valence-electron chi connectivity index (χ1n) is 4.27. The molecule has 0 aliphatic carbocycles. The van der Waals surface area contributed by atoms with Crippen LogP contribution in [0.15, 0.2) is 23.1 Å². The summed E-state index contributed by atoms with van der Waals surface area (Å²) in [6.45, 7) is 0. The average molecular weight is 261 g/mol. The van der Waals surface area contributed by atoms with E-state index in [2.05, 4.69) is 4.74 Å². The highest BCUT2D eigenvalue weighted by molar-refractivity contribution is 8.00. The molecule has 1 aromatic rings. The second-order valence-electron chi connectivity index (χ2n) is 2.81. The summed E-state index contributed by atoms with van der Waals surface area (Å²) in [6, 6.07) is 4.61. The number of carboxylic acid groups (broad SMARTS) is 1. The zero-order valence-corrected chi connectivity index (χ0v) is 9.97. The van der Waals surface area contributed by atoms with E-state index in [0.29, 0.717) is 15.5 Å². The van der Waals surface area contributed by atoms with E-state index in [0.717, 1.165) is 11.8 Å². The fourth-order valence-electron chi connectivity index (χ4n) is 1.03. The molecule has 0 spiro atoms. The van der Waals surface area contributed by atoms with Crippen molar-refractivity contribution in [1.29, 1.82) is 0 Å². The third kappa shape index (κ3) is 3.43. The first-order valence-corrected chi connectivity index (χ1v) is 5.63. The Morgan fingerprint density at radius 3 is 2.75 bits per heavy atom. The standard InChI is InChI=1S/C10H9ClO4S/c1-15-10(14)7-3-2-6(11)4-8(7)16-5-9(12)13/h2-4H,5H2,1H3,(H,12,13). The van der Waals surface area contributed by atoms with Gasteiger partial charge in [0, 0.05) is 9.92 Å². The van der Waals surface area contributed by atoms with Crippen LogP contribution >= 0.6 is 23.4 Å². The number of hydrogen-bond donors (Lipinski definition) is 1. The van der Waals surface area contributed by atoms with E-state index >= 15 is 0 Å². The van der Waals surface area contributed by atoms with E-state index in [4.69, 9.17) is 16.7 Å². The molecule has 0 aromatic heterocycles. The Morgan fingerprint density at radius 1 is 1.50 bits per heavy atom. The van der Waals surface area contributed by atoms with Crippen LogP contribution in [-0.2, 0) is 9.53 Å². The summed E-state index contributed by atoms with van der Waals surface area (Å²) in [6.07, 6.45) is 0. The Labute approximate surface area is 102 Å². The number of thioether (sulfide) groups is 1. The second-order valence-corrected chi connectivity index (χ2v) is 4.27. The molecule has 1 rings (SSSR count). The third-order valence-electron chi connectivity index (χ3n) is 1.70. The minimum absolute atomic E-state index is 0.135. The highest BCUT2D eigenvalue weighted by Crippen LogP contribution is 2.26. The quantitative estimate of drug-likeness (QED) is 0.665. The van der Waals surface area contributed by atoms with E-state index in [9.17, 15) is 9.59 Å². The molecule has 4 nitrogen and oxygen atoms in total. The highest BCUT2D eigenvalue weighted by Gasteiger charge is 2.13. The molecular weight excluding hydrogens is 252 g/mol. The van der Waals surface area contributed by atoms with Crippen LogP contribution in [0.3, 0.4) is 0 Å². The maximum Gasteiger partial charge on any atom is 0.338 e. The summed E-state index contributed by atoms with van der Waals surface area (Å²) in [5, 5.41) is 9.01. The van der Waals surface area contributed by atoms with Crippen LogP contribution in [-0.4, -0.2) is 29.9 Å². The normalized spacial score (nSPS) is 9.88. The molecule has 0 bridgehead atoms. The number of halogens is 1. The van der Waals surface area contributed by atoms with Crippen molar-refractivity contribution in [3.05, 3.63) is 28.8 Å². The van der Waals surface area contributed by atoms with Crippen LogP contribution < -0.4 is 0 Å². The number of carboxylic acids is 1. The van der Waals surface area contributed by atoms with Crippen LogP contribution in [0.5, 0.6) is 0 Å². The molecule has 0 saturated heterocycles. The number of hydrogen-bond acceptors (Lipinski definition) is 4. The molecule has 16 heavy (non-hydrogen) atoms. The zero-order valence-electron chi connectivity index (χ0n) is 8.40. The van der Waals surface area contributed by atoms with Crippen LogP contribution in [0, 0.1) is 0 Å². The van der Waals surface area contributed by atoms with E-state index in [-0.39, 0.29) is 5.75 Å². The van der Waals surface area contributed by atoms with Crippen molar-refractivity contribution in [2.24, 2.45) is 0 Å². The van der Waals surface area contributed by atoms with Crippen molar-refractivity contribution >= 4 is 35.3 Å². The van der Waals surface area contributed by atoms with Gasteiger partial charge in [-0.25, -0.2) is 4.79 Å². The van der Waals surface area contributed by atoms with Crippen LogP contribution in [0.4, 0.5) is 0 Å². The van der Waals surface area contributed by atoms with Gasteiger partial charge in [0.15, 0.2) is 0 Å². The number of carbonyl (C=O) groups is 2. The van der Waals surface area contributed by atoms with E-state index in [1.807, 2.05) is 0 Å². The van der Waals surface area contributed by atoms with Gasteiger partial charge in [0.25, 0.3) is 0 Å². The Bertz CT molecular complexity index is 419. The van der Waals surface area contributed by atoms with Gasteiger partial charge in [-0.1, -0.05) is 11.6 Å². The molecule has 0 aliphatic heterocycles. The molecule has 0 radical (unpaired) electrons. The van der Waals surface area contributed by atoms with Crippen LogP contribution in [0.2, 0.25) is 5.02 Å². The largest absolute Gasteiger partial charge is 0.481 e. The number of benzene rings is 1. The number of ether oxygens (including phenoxy) is 1. The van der Waals surface area contributed by atoms with Crippen molar-refractivity contribution in [3.63, 3.8) is 0 Å². The minimum Gasteiger partial charge on any atom is -0.481 e. The second kappa shape index (κ2) is 5.77. The van der Waals surface area contributed by atoms with Gasteiger partial charge < -0.3 is 9.84 Å². The Balaban J connectivity index is 2.98. The molecule has 0 amide bonds. The predicted octanol–water partition coefficient (Wildman–Crippen LogP) is 2.30. The summed E-state index contributed by atoms with van der Waals surface area (Å²) in [5.41, 5.74) is 0.318. The lowest BCUT2D eigenvalue weighted by Gasteiger charge is -2.06. The number of rotatable bonds is 4. The Kier molecular flexibility index (Phi) is 4.64. The monoisotopic (exact) mass is 260 g/mol. The van der Waals surface area contributed by atoms with E-state index in [1.165, 1.54) is 13.2 Å². The summed E-state index contributed by atoms with van der Waals surface area (Å²) in [4.78, 5) is 22.3. The van der Waals surface area contributed by atoms with E-state index < -0.39 is 11.9 Å². The summed E-state index contributed by atoms with van der Waals surface area (Å²) in [5.74, 6) is -1.60. The van der Waals surface area contributed by atoms with E-state index in [1.54, 1.807) is 12.1 Å². The lowest BCUT2D eigenvalue weighted by Crippen LogP contribution is -2.04. The van der Waals surface area contributed by atoms with Gasteiger partial charge >= 0.3 is 11.9 Å². The number of carbonyl (C=O) groups excluding carboxylic acids is 1. The fourth-order valence-corrected chi connectivity index (χ4v) is 2.07. The summed E-state index contributed by atoms with van der Waals surface area (Å²) >= 11 is 6.80. The van der Waals surface area contributed by atoms with Crippen molar-refractivity contribution < 1.29 is 19.4 Å². The van der Waals surface area contributed by atoms with Gasteiger partial charge in [-0.15, -0.1) is 11.8 Å². The van der Waals surface area contributed by atoms with Gasteiger partial charge in [0.2, 0.25) is 0 Å². The first-order chi connectivity index (χ1) is 7.54. The van der Waals surface area contributed by atoms with Crippen LogP contribution in [0.25, 0.3) is 0 Å². The van der Waals surface area contributed by atoms with Crippen molar-refractivity contribution in [2.75, 3.05) is 12.9 Å². The Hall–Kier alpha value is -1.20. The topological polar surface area (TPSA) is 63.6 Å². The molecule has 1 aromatic carbocycles. The molecule has 0 aliphatic rings. The first kappa shape index (κ1) is 12.9. The minimum atomic E-state index is -0.958. The molecule has 86 valence electrons. The van der Waals surface area contributed by atoms with Crippen LogP contribution in [0.1, 0.15) is 10.4 Å². The zero-order chi connectivity index (χ0) is 12.1. The SMILES string of the molecule is COC(=O)c1ccc(Cl)cc1SCC(=O)O. The van der Waals surface area contributed by atoms with Gasteiger partial charge in [-0.2, -0.15) is 0 Å². The molecular formula is C10H9ClO4S. The Morgan fingerprint density at radius 2 is 2.19 bits per heavy atom. The molecule has 0 unspecified atom stereocenters. The average Bonchev–Trinajstić information content (AvgIpc) is 2.25. The van der Waals surface area contributed by atoms with Crippen molar-refractivity contribution in [3.8, 4) is 0 Å². The third-order valence-corrected chi connectivity index (χ3v) is 2.98. The molecule has 0 fully saturated rings. The molecule has 0 saturated carbocycles. The van der Waals surface area contributed by atoms with Crippen molar-refractivity contribution in [1.82, 2.24) is 0 Å². The molecule has 0 heterocycles. The molecule has 0 atom stereocenters. The summed E-state index contributed by atoms with van der Waals surface area (Å²) < 4.78 is 4.58. The number of esters is 1. The fraction of sp³-hybridized carbons (Fsp3) is 0.200. The maximum atomic E-state index is 11.4.